The second-order valence-electron chi connectivity index (χ2n) is 6.13. The lowest BCUT2D eigenvalue weighted by molar-refractivity contribution is -0.146. The van der Waals surface area contributed by atoms with Crippen molar-refractivity contribution in [2.75, 3.05) is 6.61 Å². The topological polar surface area (TPSA) is 64.8 Å². The minimum Gasteiger partial charge on any atom is -0.464 e. The molecule has 0 saturated heterocycles. The Morgan fingerprint density at radius 1 is 1.54 bits per heavy atom. The Morgan fingerprint density at radius 2 is 2.35 bits per heavy atom. The van der Waals surface area contributed by atoms with E-state index in [1.807, 2.05) is 4.57 Å². The first-order chi connectivity index (χ1) is 12.5. The summed E-state index contributed by atoms with van der Waals surface area (Å²) in [5, 5.41) is 4.78. The van der Waals surface area contributed by atoms with Crippen LogP contribution in [0.1, 0.15) is 30.8 Å². The molecule has 26 heavy (non-hydrogen) atoms. The molecule has 0 radical (unpaired) electrons. The van der Waals surface area contributed by atoms with Crippen LogP contribution in [0.4, 0.5) is 4.39 Å². The van der Waals surface area contributed by atoms with Gasteiger partial charge in [0.1, 0.15) is 5.82 Å². The summed E-state index contributed by atoms with van der Waals surface area (Å²) in [7, 11) is 0. The van der Waals surface area contributed by atoms with Crippen LogP contribution in [0.2, 0.25) is 0 Å². The molecule has 0 aliphatic carbocycles. The number of nitrogens with zero attached hydrogens (tertiary/aromatic N) is 3. The maximum absolute atomic E-state index is 14.3. The molecule has 1 aliphatic rings. The number of carbonyl (C=O) groups excluding carboxylic acids is 1. The lowest BCUT2D eigenvalue weighted by Gasteiger charge is -2.16. The number of rotatable bonds is 4. The quantitative estimate of drug-likeness (QED) is 0.495. The third-order valence-corrected chi connectivity index (χ3v) is 5.30. The summed E-state index contributed by atoms with van der Waals surface area (Å²) in [6.07, 6.45) is 3.33. The number of benzene rings is 1. The molecule has 0 bridgehead atoms. The van der Waals surface area contributed by atoms with Gasteiger partial charge in [0.25, 0.3) is 0 Å². The minimum absolute atomic E-state index is 0.243. The number of halogens is 2. The fraction of sp³-hybridized carbons (Fsp3) is 0.353. The first-order valence-electron chi connectivity index (χ1n) is 8.31. The summed E-state index contributed by atoms with van der Waals surface area (Å²) in [5.41, 5.74) is 2.10. The Labute approximate surface area is 162 Å². The molecule has 1 aromatic carbocycles. The number of fused-ring (bicyclic) bond motifs is 2. The third-order valence-electron chi connectivity index (χ3n) is 4.52. The zero-order chi connectivity index (χ0) is 18.4. The van der Waals surface area contributed by atoms with Crippen LogP contribution in [0, 0.1) is 10.6 Å². The number of hydrogen-bond donors (Lipinski definition) is 1. The molecule has 136 valence electrons. The number of aromatic nitrogens is 4. The monoisotopic (exact) mass is 438 g/mol. The smallest absolute Gasteiger partial charge is 0.337 e. The highest BCUT2D eigenvalue weighted by molar-refractivity contribution is 9.10. The van der Waals surface area contributed by atoms with E-state index in [9.17, 15) is 9.18 Å². The summed E-state index contributed by atoms with van der Waals surface area (Å²) in [5.74, 6) is -0.857. The molecule has 6 nitrogen and oxygen atoms in total. The van der Waals surface area contributed by atoms with Crippen LogP contribution in [0.5, 0.6) is 0 Å². The highest BCUT2D eigenvalue weighted by atomic mass is 79.9. The van der Waals surface area contributed by atoms with Crippen LogP contribution >= 0.6 is 28.1 Å². The second kappa shape index (κ2) is 6.62. The van der Waals surface area contributed by atoms with Gasteiger partial charge in [-0.05, 0) is 44.1 Å². The molecule has 0 saturated carbocycles. The van der Waals surface area contributed by atoms with E-state index < -0.39 is 17.8 Å². The lowest BCUT2D eigenvalue weighted by atomic mass is 10.1. The van der Waals surface area contributed by atoms with E-state index in [-0.39, 0.29) is 6.61 Å². The molecule has 4 rings (SSSR count). The Bertz CT molecular complexity index is 1070. The van der Waals surface area contributed by atoms with E-state index in [0.717, 1.165) is 25.1 Å². The first kappa shape index (κ1) is 17.4. The summed E-state index contributed by atoms with van der Waals surface area (Å²) >= 11 is 8.65. The number of aromatic amines is 1. The van der Waals surface area contributed by atoms with E-state index >= 15 is 0 Å². The van der Waals surface area contributed by atoms with E-state index in [2.05, 4.69) is 26.0 Å². The fourth-order valence-corrected chi connectivity index (χ4v) is 4.17. The highest BCUT2D eigenvalue weighted by Gasteiger charge is 2.32. The Kier molecular flexibility index (Phi) is 4.44. The van der Waals surface area contributed by atoms with Gasteiger partial charge >= 0.3 is 5.97 Å². The van der Waals surface area contributed by atoms with Crippen LogP contribution < -0.4 is 0 Å². The average Bonchev–Trinajstić information content (AvgIpc) is 3.26. The summed E-state index contributed by atoms with van der Waals surface area (Å²) in [6, 6.07) is 2.25. The predicted octanol–water partition coefficient (Wildman–Crippen LogP) is 3.90. The molecule has 0 amide bonds. The van der Waals surface area contributed by atoms with Gasteiger partial charge in [0.2, 0.25) is 0 Å². The van der Waals surface area contributed by atoms with Crippen molar-refractivity contribution in [1.82, 2.24) is 19.3 Å². The second-order valence-corrected chi connectivity index (χ2v) is 7.43. The SMILES string of the molecule is CCOC(=O)C(c1[nH]c(=S)n2c1CCC2)n1cc2c(F)cc(Br)cc2n1. The van der Waals surface area contributed by atoms with Gasteiger partial charge in [-0.1, -0.05) is 15.9 Å². The largest absolute Gasteiger partial charge is 0.464 e. The van der Waals surface area contributed by atoms with Crippen molar-refractivity contribution in [3.8, 4) is 0 Å². The van der Waals surface area contributed by atoms with Gasteiger partial charge in [-0.3, -0.25) is 4.68 Å². The molecular formula is C17H16BrFN4O2S. The number of nitrogens with one attached hydrogen (secondary N) is 1. The predicted molar refractivity (Wildman–Crippen MR) is 100 cm³/mol. The Balaban J connectivity index is 1.90. The van der Waals surface area contributed by atoms with Crippen molar-refractivity contribution >= 4 is 45.0 Å². The van der Waals surface area contributed by atoms with Crippen LogP contribution in [-0.4, -0.2) is 31.9 Å². The summed E-state index contributed by atoms with van der Waals surface area (Å²) in [4.78, 5) is 15.9. The molecule has 1 unspecified atom stereocenters. The first-order valence-corrected chi connectivity index (χ1v) is 9.52. The maximum atomic E-state index is 14.3. The molecule has 1 N–H and O–H groups in total. The standard InChI is InChI=1S/C17H16BrFN4O2S/c1-2-25-16(24)15(14-13-4-3-5-22(13)17(26)20-14)23-8-10-11(19)6-9(18)7-12(10)21-23/h6-8,15H,2-5H2,1H3,(H,20,26). The van der Waals surface area contributed by atoms with Gasteiger partial charge in [-0.25, -0.2) is 9.18 Å². The van der Waals surface area contributed by atoms with Crippen LogP contribution in [0.25, 0.3) is 10.9 Å². The highest BCUT2D eigenvalue weighted by Crippen LogP contribution is 2.30. The van der Waals surface area contributed by atoms with Crippen molar-refractivity contribution in [1.29, 1.82) is 0 Å². The van der Waals surface area contributed by atoms with Gasteiger partial charge in [0.15, 0.2) is 10.8 Å². The molecular weight excluding hydrogens is 423 g/mol. The normalized spacial score (nSPS) is 14.6. The zero-order valence-electron chi connectivity index (χ0n) is 14.0. The molecule has 1 atom stereocenters. The number of imidazole rings is 1. The molecule has 9 heteroatoms. The number of H-pyrrole nitrogens is 1. The van der Waals surface area contributed by atoms with Crippen molar-refractivity contribution in [3.05, 3.63) is 44.8 Å². The maximum Gasteiger partial charge on any atom is 0.337 e. The van der Waals surface area contributed by atoms with E-state index in [1.165, 1.54) is 16.9 Å². The van der Waals surface area contributed by atoms with Crippen LogP contribution in [-0.2, 0) is 22.5 Å². The Hall–Kier alpha value is -2.00. The zero-order valence-corrected chi connectivity index (χ0v) is 16.4. The van der Waals surface area contributed by atoms with Gasteiger partial charge in [0.05, 0.1) is 23.2 Å². The van der Waals surface area contributed by atoms with Gasteiger partial charge in [0, 0.05) is 22.9 Å². The van der Waals surface area contributed by atoms with Crippen molar-refractivity contribution in [2.24, 2.45) is 0 Å². The third kappa shape index (κ3) is 2.79. The molecule has 3 aromatic rings. The van der Waals surface area contributed by atoms with Crippen molar-refractivity contribution < 1.29 is 13.9 Å². The van der Waals surface area contributed by atoms with E-state index in [1.54, 1.807) is 13.0 Å². The molecule has 3 heterocycles. The molecule has 1 aliphatic heterocycles. The van der Waals surface area contributed by atoms with Crippen LogP contribution in [0.15, 0.2) is 22.8 Å². The summed E-state index contributed by atoms with van der Waals surface area (Å²) < 4.78 is 24.2. The number of esters is 1. The number of ether oxygens (including phenoxy) is 1. The lowest BCUT2D eigenvalue weighted by Crippen LogP contribution is -2.25. The summed E-state index contributed by atoms with van der Waals surface area (Å²) in [6.45, 7) is 2.81. The number of carbonyl (C=O) groups is 1. The van der Waals surface area contributed by atoms with E-state index in [0.29, 0.717) is 25.8 Å². The molecule has 0 spiro atoms. The number of hydrogen-bond acceptors (Lipinski definition) is 4. The van der Waals surface area contributed by atoms with E-state index in [4.69, 9.17) is 17.0 Å². The molecule has 0 fully saturated rings. The van der Waals surface area contributed by atoms with Crippen molar-refractivity contribution in [2.45, 2.75) is 32.4 Å². The van der Waals surface area contributed by atoms with Crippen LogP contribution in [0.3, 0.4) is 0 Å². The van der Waals surface area contributed by atoms with Gasteiger partial charge in [-0.15, -0.1) is 0 Å². The minimum atomic E-state index is -0.837. The van der Waals surface area contributed by atoms with Crippen molar-refractivity contribution in [3.63, 3.8) is 0 Å². The average molecular weight is 439 g/mol. The Morgan fingerprint density at radius 3 is 3.12 bits per heavy atom. The fourth-order valence-electron chi connectivity index (χ4n) is 3.44. The van der Waals surface area contributed by atoms with Gasteiger partial charge < -0.3 is 14.3 Å². The van der Waals surface area contributed by atoms with Gasteiger partial charge in [-0.2, -0.15) is 5.10 Å². The molecule has 2 aromatic heterocycles.